The molecular weight excluding hydrogens is 340 g/mol. The predicted molar refractivity (Wildman–Crippen MR) is 90.4 cm³/mol. The highest BCUT2D eigenvalue weighted by molar-refractivity contribution is 6.01. The van der Waals surface area contributed by atoms with Crippen molar-refractivity contribution in [2.24, 2.45) is 0 Å². The average molecular weight is 360 g/mol. The van der Waals surface area contributed by atoms with Crippen LogP contribution in [0.2, 0.25) is 0 Å². The third kappa shape index (κ3) is 4.89. The number of rotatable bonds is 9. The topological polar surface area (TPSA) is 91.3 Å². The maximum Gasteiger partial charge on any atom is 0.379 e. The Hall–Kier alpha value is -2.74. The van der Waals surface area contributed by atoms with Crippen LogP contribution in [-0.2, 0) is 41.8 Å². The van der Waals surface area contributed by atoms with Gasteiger partial charge in [-0.2, -0.15) is 0 Å². The SMILES string of the molecule is COC(OCO)(C(=O)OCc1ccccc1)C(=O)OCc1ccccc1. The lowest BCUT2D eigenvalue weighted by Crippen LogP contribution is -2.53. The molecule has 0 bridgehead atoms. The second kappa shape index (κ2) is 9.67. The molecule has 0 aliphatic rings. The van der Waals surface area contributed by atoms with Crippen molar-refractivity contribution >= 4 is 11.9 Å². The Morgan fingerprint density at radius 3 is 1.62 bits per heavy atom. The highest BCUT2D eigenvalue weighted by atomic mass is 16.8. The van der Waals surface area contributed by atoms with E-state index in [1.165, 1.54) is 0 Å². The molecular formula is C19H20O7. The summed E-state index contributed by atoms with van der Waals surface area (Å²) >= 11 is 0. The first-order chi connectivity index (χ1) is 12.6. The largest absolute Gasteiger partial charge is 0.456 e. The summed E-state index contributed by atoms with van der Waals surface area (Å²) in [7, 11) is 1.09. The molecule has 138 valence electrons. The van der Waals surface area contributed by atoms with E-state index in [4.69, 9.17) is 24.1 Å². The van der Waals surface area contributed by atoms with Crippen LogP contribution < -0.4 is 0 Å². The van der Waals surface area contributed by atoms with Crippen LogP contribution in [0.25, 0.3) is 0 Å². The highest BCUT2D eigenvalue weighted by Crippen LogP contribution is 2.19. The maximum atomic E-state index is 12.4. The first kappa shape index (κ1) is 19.6. The fourth-order valence-corrected chi connectivity index (χ4v) is 2.15. The lowest BCUT2D eigenvalue weighted by Gasteiger charge is -2.26. The zero-order valence-electron chi connectivity index (χ0n) is 14.3. The van der Waals surface area contributed by atoms with Gasteiger partial charge in [0, 0.05) is 7.11 Å². The smallest absolute Gasteiger partial charge is 0.379 e. The fourth-order valence-electron chi connectivity index (χ4n) is 2.15. The third-order valence-electron chi connectivity index (χ3n) is 3.52. The number of carbonyl (C=O) groups is 2. The van der Waals surface area contributed by atoms with Gasteiger partial charge in [-0.25, -0.2) is 9.59 Å². The van der Waals surface area contributed by atoms with Crippen LogP contribution in [0.3, 0.4) is 0 Å². The molecule has 7 nitrogen and oxygen atoms in total. The molecule has 0 radical (unpaired) electrons. The van der Waals surface area contributed by atoms with Gasteiger partial charge in [-0.15, -0.1) is 0 Å². The molecule has 0 atom stereocenters. The number of aliphatic hydroxyl groups is 1. The number of benzene rings is 2. The lowest BCUT2D eigenvalue weighted by atomic mass is 10.2. The number of ether oxygens (including phenoxy) is 4. The van der Waals surface area contributed by atoms with Crippen LogP contribution in [0.15, 0.2) is 60.7 Å². The van der Waals surface area contributed by atoms with E-state index >= 15 is 0 Å². The summed E-state index contributed by atoms with van der Waals surface area (Å²) in [4.78, 5) is 24.9. The highest BCUT2D eigenvalue weighted by Gasteiger charge is 2.52. The number of esters is 2. The molecule has 1 N–H and O–H groups in total. The Morgan fingerprint density at radius 1 is 0.846 bits per heavy atom. The quantitative estimate of drug-likeness (QED) is 0.414. The van der Waals surface area contributed by atoms with Crippen molar-refractivity contribution in [1.82, 2.24) is 0 Å². The monoisotopic (exact) mass is 360 g/mol. The normalized spacial score (nSPS) is 11.0. The zero-order valence-corrected chi connectivity index (χ0v) is 14.3. The van der Waals surface area contributed by atoms with E-state index in [0.717, 1.165) is 7.11 Å². The van der Waals surface area contributed by atoms with E-state index in [9.17, 15) is 9.59 Å². The third-order valence-corrected chi connectivity index (χ3v) is 3.52. The van der Waals surface area contributed by atoms with Crippen molar-refractivity contribution in [2.75, 3.05) is 13.9 Å². The molecule has 0 amide bonds. The molecule has 0 spiro atoms. The van der Waals surface area contributed by atoms with Gasteiger partial charge < -0.3 is 24.1 Å². The summed E-state index contributed by atoms with van der Waals surface area (Å²) in [5.41, 5.74) is 1.43. The van der Waals surface area contributed by atoms with Crippen LogP contribution in [0.4, 0.5) is 0 Å². The number of methoxy groups -OCH3 is 1. The Morgan fingerprint density at radius 2 is 1.27 bits per heavy atom. The summed E-state index contributed by atoms with van der Waals surface area (Å²) < 4.78 is 20.0. The number of carbonyl (C=O) groups excluding carboxylic acids is 2. The molecule has 0 unspecified atom stereocenters. The Balaban J connectivity index is 2.06. The van der Waals surface area contributed by atoms with E-state index < -0.39 is 24.5 Å². The number of hydrogen-bond donors (Lipinski definition) is 1. The number of aliphatic hydroxyl groups excluding tert-OH is 1. The van der Waals surface area contributed by atoms with Gasteiger partial charge in [0.2, 0.25) is 0 Å². The Labute approximate surface area is 151 Å². The van der Waals surface area contributed by atoms with Gasteiger partial charge in [0.15, 0.2) is 0 Å². The van der Waals surface area contributed by atoms with Crippen molar-refractivity contribution in [1.29, 1.82) is 0 Å². The standard InChI is InChI=1S/C19H20O7/c1-23-19(26-14-20,17(21)24-12-15-8-4-2-5-9-15)18(22)25-13-16-10-6-3-7-11-16/h2-11,20H,12-14H2,1H3. The molecule has 2 rings (SSSR count). The van der Waals surface area contributed by atoms with Gasteiger partial charge in [-0.1, -0.05) is 60.7 Å². The fraction of sp³-hybridized carbons (Fsp3) is 0.263. The van der Waals surface area contributed by atoms with Crippen LogP contribution in [0, 0.1) is 0 Å². The second-order valence-electron chi connectivity index (χ2n) is 5.22. The molecule has 0 aliphatic heterocycles. The second-order valence-corrected chi connectivity index (χ2v) is 5.22. The molecule has 0 fully saturated rings. The summed E-state index contributed by atoms with van der Waals surface area (Å²) in [6.07, 6.45) is 0. The summed E-state index contributed by atoms with van der Waals surface area (Å²) in [5, 5.41) is 9.08. The van der Waals surface area contributed by atoms with Crippen molar-refractivity contribution in [3.05, 3.63) is 71.8 Å². The van der Waals surface area contributed by atoms with Crippen LogP contribution in [0.5, 0.6) is 0 Å². The number of hydrogen-bond acceptors (Lipinski definition) is 7. The first-order valence-corrected chi connectivity index (χ1v) is 7.84. The summed E-state index contributed by atoms with van der Waals surface area (Å²) in [6.45, 7) is -1.12. The van der Waals surface area contributed by atoms with Crippen molar-refractivity contribution < 1.29 is 33.6 Å². The average Bonchev–Trinajstić information content (AvgIpc) is 2.70. The summed E-state index contributed by atoms with van der Waals surface area (Å²) in [5.74, 6) is -4.73. The van der Waals surface area contributed by atoms with Crippen molar-refractivity contribution in [3.8, 4) is 0 Å². The molecule has 0 saturated heterocycles. The molecule has 0 aromatic heterocycles. The predicted octanol–water partition coefficient (Wildman–Crippen LogP) is 1.78. The van der Waals surface area contributed by atoms with E-state index in [1.54, 1.807) is 48.5 Å². The molecule has 2 aromatic rings. The molecule has 7 heteroatoms. The van der Waals surface area contributed by atoms with Gasteiger partial charge in [-0.3, -0.25) is 0 Å². The molecule has 0 heterocycles. The van der Waals surface area contributed by atoms with Crippen molar-refractivity contribution in [2.45, 2.75) is 19.0 Å². The maximum absolute atomic E-state index is 12.4. The zero-order chi connectivity index (χ0) is 18.8. The van der Waals surface area contributed by atoms with Crippen LogP contribution in [-0.4, -0.2) is 36.7 Å². The van der Waals surface area contributed by atoms with Gasteiger partial charge in [-0.05, 0) is 11.1 Å². The first-order valence-electron chi connectivity index (χ1n) is 7.84. The molecule has 26 heavy (non-hydrogen) atoms. The van der Waals surface area contributed by atoms with Gasteiger partial charge in [0.1, 0.15) is 20.0 Å². The van der Waals surface area contributed by atoms with E-state index in [1.807, 2.05) is 12.1 Å². The van der Waals surface area contributed by atoms with Crippen molar-refractivity contribution in [3.63, 3.8) is 0 Å². The van der Waals surface area contributed by atoms with Crippen LogP contribution >= 0.6 is 0 Å². The van der Waals surface area contributed by atoms with Gasteiger partial charge in [0.05, 0.1) is 0 Å². The van der Waals surface area contributed by atoms with E-state index in [-0.39, 0.29) is 13.2 Å². The van der Waals surface area contributed by atoms with E-state index in [2.05, 4.69) is 0 Å². The minimum atomic E-state index is -2.50. The minimum Gasteiger partial charge on any atom is -0.456 e. The molecule has 2 aromatic carbocycles. The van der Waals surface area contributed by atoms with Gasteiger partial charge in [0.25, 0.3) is 0 Å². The Bertz CT molecular complexity index is 645. The Kier molecular flexibility index (Phi) is 7.28. The summed E-state index contributed by atoms with van der Waals surface area (Å²) in [6, 6.07) is 17.8. The lowest BCUT2D eigenvalue weighted by molar-refractivity contribution is -0.263. The molecule has 0 saturated carbocycles. The van der Waals surface area contributed by atoms with E-state index in [0.29, 0.717) is 11.1 Å². The molecule has 0 aliphatic carbocycles. The minimum absolute atomic E-state index is 0.0917. The van der Waals surface area contributed by atoms with Gasteiger partial charge >= 0.3 is 17.7 Å². The van der Waals surface area contributed by atoms with Crippen LogP contribution in [0.1, 0.15) is 11.1 Å².